The predicted molar refractivity (Wildman–Crippen MR) is 64.8 cm³/mol. The molecule has 1 aromatic carbocycles. The predicted octanol–water partition coefficient (Wildman–Crippen LogP) is 3.62. The van der Waals surface area contributed by atoms with Gasteiger partial charge in [0.2, 0.25) is 0 Å². The van der Waals surface area contributed by atoms with Gasteiger partial charge in [-0.2, -0.15) is 18.4 Å². The third-order valence-electron chi connectivity index (χ3n) is 2.88. The van der Waals surface area contributed by atoms with Crippen molar-refractivity contribution < 1.29 is 13.2 Å². The monoisotopic (exact) mass is 264 g/mol. The van der Waals surface area contributed by atoms with E-state index < -0.39 is 17.8 Å². The largest absolute Gasteiger partial charge is 0.432 e. The molecular weight excluding hydrogens is 253 g/mol. The summed E-state index contributed by atoms with van der Waals surface area (Å²) in [4.78, 5) is 0. The van der Waals surface area contributed by atoms with Crippen LogP contribution in [0.15, 0.2) is 53.4 Å². The van der Waals surface area contributed by atoms with Gasteiger partial charge in [0.05, 0.1) is 11.6 Å². The van der Waals surface area contributed by atoms with Crippen molar-refractivity contribution in [2.24, 2.45) is 0 Å². The van der Waals surface area contributed by atoms with E-state index in [1.54, 1.807) is 49.4 Å². The standard InChI is InChI=1S/C14H11F3N2/c1-9-7-11(10-5-3-2-4-6-10)12(8-18)13(19-9)14(15,16)17/h2-7,11,19H,1H3. The third kappa shape index (κ3) is 2.63. The van der Waals surface area contributed by atoms with Gasteiger partial charge < -0.3 is 5.32 Å². The van der Waals surface area contributed by atoms with Crippen molar-refractivity contribution in [3.05, 3.63) is 58.9 Å². The number of dihydropyridines is 1. The number of nitrogens with zero attached hydrogens (tertiary/aromatic N) is 1. The van der Waals surface area contributed by atoms with Gasteiger partial charge in [0.1, 0.15) is 5.70 Å². The van der Waals surface area contributed by atoms with Crippen LogP contribution in [0, 0.1) is 11.3 Å². The molecular formula is C14H11F3N2. The van der Waals surface area contributed by atoms with Crippen molar-refractivity contribution in [1.29, 1.82) is 5.26 Å². The number of halogens is 3. The van der Waals surface area contributed by atoms with Crippen molar-refractivity contribution in [3.8, 4) is 6.07 Å². The molecule has 2 nitrogen and oxygen atoms in total. The fourth-order valence-electron chi connectivity index (χ4n) is 2.07. The second-order valence-electron chi connectivity index (χ2n) is 4.26. The van der Waals surface area contributed by atoms with Crippen LogP contribution in [0.3, 0.4) is 0 Å². The molecule has 5 heteroatoms. The average molecular weight is 264 g/mol. The van der Waals surface area contributed by atoms with Crippen LogP contribution in [-0.2, 0) is 0 Å². The highest BCUT2D eigenvalue weighted by Crippen LogP contribution is 2.37. The van der Waals surface area contributed by atoms with Crippen molar-refractivity contribution in [2.75, 3.05) is 0 Å². The summed E-state index contributed by atoms with van der Waals surface area (Å²) in [7, 11) is 0. The second kappa shape index (κ2) is 4.81. The second-order valence-corrected chi connectivity index (χ2v) is 4.26. The molecule has 1 heterocycles. The van der Waals surface area contributed by atoms with E-state index in [2.05, 4.69) is 5.32 Å². The number of nitrogens with one attached hydrogen (secondary N) is 1. The normalized spacial score (nSPS) is 19.5. The van der Waals surface area contributed by atoms with E-state index in [9.17, 15) is 13.2 Å². The molecule has 1 N–H and O–H groups in total. The maximum Gasteiger partial charge on any atom is 0.432 e. The number of alkyl halides is 3. The maximum absolute atomic E-state index is 12.9. The zero-order valence-electron chi connectivity index (χ0n) is 10.1. The number of hydrogen-bond donors (Lipinski definition) is 1. The maximum atomic E-state index is 12.9. The zero-order chi connectivity index (χ0) is 14.0. The molecule has 98 valence electrons. The van der Waals surface area contributed by atoms with Gasteiger partial charge in [-0.25, -0.2) is 0 Å². The Hall–Kier alpha value is -2.22. The summed E-state index contributed by atoms with van der Waals surface area (Å²) in [5, 5.41) is 11.3. The lowest BCUT2D eigenvalue weighted by Gasteiger charge is -2.25. The highest BCUT2D eigenvalue weighted by atomic mass is 19.4. The van der Waals surface area contributed by atoms with Crippen molar-refractivity contribution in [2.45, 2.75) is 19.0 Å². The molecule has 1 aliphatic rings. The van der Waals surface area contributed by atoms with Gasteiger partial charge in [-0.05, 0) is 12.5 Å². The molecule has 0 amide bonds. The Morgan fingerprint density at radius 2 is 1.84 bits per heavy atom. The molecule has 19 heavy (non-hydrogen) atoms. The van der Waals surface area contributed by atoms with Gasteiger partial charge in [0.15, 0.2) is 0 Å². The highest BCUT2D eigenvalue weighted by Gasteiger charge is 2.40. The zero-order valence-corrected chi connectivity index (χ0v) is 10.1. The number of benzene rings is 1. The first-order valence-electron chi connectivity index (χ1n) is 5.65. The minimum Gasteiger partial charge on any atom is -0.355 e. The Labute approximate surface area is 108 Å². The number of rotatable bonds is 1. The molecule has 1 atom stereocenters. The Morgan fingerprint density at radius 1 is 1.21 bits per heavy atom. The van der Waals surface area contributed by atoms with E-state index in [4.69, 9.17) is 5.26 Å². The minimum absolute atomic E-state index is 0.302. The molecule has 0 fully saturated rings. The lowest BCUT2D eigenvalue weighted by molar-refractivity contribution is -0.0969. The summed E-state index contributed by atoms with van der Waals surface area (Å²) in [6.45, 7) is 1.55. The van der Waals surface area contributed by atoms with Gasteiger partial charge in [0.25, 0.3) is 0 Å². The van der Waals surface area contributed by atoms with Gasteiger partial charge in [-0.3, -0.25) is 0 Å². The van der Waals surface area contributed by atoms with Crippen LogP contribution < -0.4 is 5.32 Å². The number of hydrogen-bond acceptors (Lipinski definition) is 2. The van der Waals surface area contributed by atoms with Gasteiger partial charge in [-0.15, -0.1) is 0 Å². The van der Waals surface area contributed by atoms with Gasteiger partial charge in [0, 0.05) is 11.6 Å². The smallest absolute Gasteiger partial charge is 0.355 e. The average Bonchev–Trinajstić information content (AvgIpc) is 2.37. The minimum atomic E-state index is -4.56. The first kappa shape index (κ1) is 13.2. The summed E-state index contributed by atoms with van der Waals surface area (Å²) in [6.07, 6.45) is -2.93. The van der Waals surface area contributed by atoms with E-state index in [0.29, 0.717) is 11.3 Å². The first-order chi connectivity index (χ1) is 8.93. The summed E-state index contributed by atoms with van der Waals surface area (Å²) < 4.78 is 38.8. The summed E-state index contributed by atoms with van der Waals surface area (Å²) in [5.74, 6) is -0.663. The van der Waals surface area contributed by atoms with Gasteiger partial charge >= 0.3 is 6.18 Å². The van der Waals surface area contributed by atoms with Gasteiger partial charge in [-0.1, -0.05) is 36.4 Å². The Kier molecular flexibility index (Phi) is 3.34. The van der Waals surface area contributed by atoms with E-state index in [1.807, 2.05) is 0 Å². The van der Waals surface area contributed by atoms with Crippen molar-refractivity contribution >= 4 is 0 Å². The van der Waals surface area contributed by atoms with E-state index in [0.717, 1.165) is 0 Å². The molecule has 2 rings (SSSR count). The fraction of sp³-hybridized carbons (Fsp3) is 0.214. The molecule has 0 saturated carbocycles. The molecule has 0 spiro atoms. The van der Waals surface area contributed by atoms with Crippen LogP contribution in [0.5, 0.6) is 0 Å². The van der Waals surface area contributed by atoms with Crippen LogP contribution in [0.1, 0.15) is 18.4 Å². The lowest BCUT2D eigenvalue weighted by atomic mass is 9.87. The van der Waals surface area contributed by atoms with Crippen LogP contribution >= 0.6 is 0 Å². The Morgan fingerprint density at radius 3 is 2.37 bits per heavy atom. The molecule has 0 aliphatic carbocycles. The molecule has 0 radical (unpaired) electrons. The van der Waals surface area contributed by atoms with Crippen LogP contribution in [-0.4, -0.2) is 6.18 Å². The molecule has 1 aliphatic heterocycles. The topological polar surface area (TPSA) is 35.8 Å². The fourth-order valence-corrected chi connectivity index (χ4v) is 2.07. The van der Waals surface area contributed by atoms with E-state index in [-0.39, 0.29) is 5.57 Å². The molecule has 1 unspecified atom stereocenters. The van der Waals surface area contributed by atoms with Crippen LogP contribution in [0.4, 0.5) is 13.2 Å². The first-order valence-corrected chi connectivity index (χ1v) is 5.65. The third-order valence-corrected chi connectivity index (χ3v) is 2.88. The summed E-state index contributed by atoms with van der Waals surface area (Å²) in [5.41, 5.74) is -0.213. The molecule has 0 aromatic heterocycles. The van der Waals surface area contributed by atoms with E-state index >= 15 is 0 Å². The van der Waals surface area contributed by atoms with Crippen molar-refractivity contribution in [1.82, 2.24) is 5.32 Å². The lowest BCUT2D eigenvalue weighted by Crippen LogP contribution is -2.31. The Bertz CT molecular complexity index is 577. The molecule has 0 saturated heterocycles. The van der Waals surface area contributed by atoms with Crippen LogP contribution in [0.2, 0.25) is 0 Å². The molecule has 1 aromatic rings. The summed E-state index contributed by atoms with van der Waals surface area (Å²) in [6, 6.07) is 10.4. The van der Waals surface area contributed by atoms with Crippen LogP contribution in [0.25, 0.3) is 0 Å². The summed E-state index contributed by atoms with van der Waals surface area (Å²) >= 11 is 0. The SMILES string of the molecule is CC1=CC(c2ccccc2)C(C#N)=C(C(F)(F)F)N1. The molecule has 0 bridgehead atoms. The van der Waals surface area contributed by atoms with Crippen molar-refractivity contribution in [3.63, 3.8) is 0 Å². The number of allylic oxidation sites excluding steroid dienone is 4. The number of nitriles is 1. The Balaban J connectivity index is 2.56. The highest BCUT2D eigenvalue weighted by molar-refractivity contribution is 5.48. The quantitative estimate of drug-likeness (QED) is 0.841. The van der Waals surface area contributed by atoms with E-state index in [1.165, 1.54) is 0 Å².